The van der Waals surface area contributed by atoms with Crippen LogP contribution < -0.4 is 10.1 Å². The molecule has 0 spiro atoms. The van der Waals surface area contributed by atoms with E-state index in [-0.39, 0.29) is 5.56 Å². The first-order chi connectivity index (χ1) is 13.1. The highest BCUT2D eigenvalue weighted by Gasteiger charge is 2.17. The molecule has 1 amide bonds. The molecule has 0 saturated carbocycles. The standard InChI is InChI=1S/C19H17ClN2O5S/c1-19(2,3)27-17(25)21-12-7-11(20)8-13(9-12)26-18-22-14-5-4-10(16(23)24)6-15(14)28-18/h4-9H,1-3H3,(H,21,25)(H,23,24). The number of amides is 1. The lowest BCUT2D eigenvalue weighted by Gasteiger charge is -2.19. The number of nitrogens with one attached hydrogen (secondary N) is 1. The fraction of sp³-hybridized carbons (Fsp3) is 0.211. The monoisotopic (exact) mass is 420 g/mol. The number of carboxylic acids is 1. The van der Waals surface area contributed by atoms with Gasteiger partial charge in [0, 0.05) is 16.8 Å². The Morgan fingerprint density at radius 3 is 2.61 bits per heavy atom. The third kappa shape index (κ3) is 5.11. The van der Waals surface area contributed by atoms with Crippen LogP contribution in [0.5, 0.6) is 10.9 Å². The lowest BCUT2D eigenvalue weighted by molar-refractivity contribution is 0.0634. The summed E-state index contributed by atoms with van der Waals surface area (Å²) in [6, 6.07) is 9.37. The molecule has 0 unspecified atom stereocenters. The predicted molar refractivity (Wildman–Crippen MR) is 108 cm³/mol. The van der Waals surface area contributed by atoms with Gasteiger partial charge in [0.2, 0.25) is 0 Å². The zero-order chi connectivity index (χ0) is 20.5. The Morgan fingerprint density at radius 2 is 1.93 bits per heavy atom. The van der Waals surface area contributed by atoms with Crippen molar-refractivity contribution >= 4 is 50.9 Å². The van der Waals surface area contributed by atoms with Gasteiger partial charge in [-0.1, -0.05) is 22.9 Å². The number of anilines is 1. The molecule has 0 saturated heterocycles. The number of benzene rings is 2. The second-order valence-electron chi connectivity index (χ2n) is 6.87. The maximum Gasteiger partial charge on any atom is 0.412 e. The van der Waals surface area contributed by atoms with E-state index in [2.05, 4.69) is 10.3 Å². The number of hydrogen-bond acceptors (Lipinski definition) is 6. The van der Waals surface area contributed by atoms with E-state index in [1.807, 2.05) is 0 Å². The highest BCUT2D eigenvalue weighted by molar-refractivity contribution is 7.20. The third-order valence-electron chi connectivity index (χ3n) is 3.34. The molecule has 7 nitrogen and oxygen atoms in total. The van der Waals surface area contributed by atoms with Crippen LogP contribution in [-0.4, -0.2) is 27.8 Å². The largest absolute Gasteiger partial charge is 0.478 e. The number of hydrogen-bond donors (Lipinski definition) is 2. The van der Waals surface area contributed by atoms with E-state index in [4.69, 9.17) is 26.2 Å². The first-order valence-electron chi connectivity index (χ1n) is 8.21. The van der Waals surface area contributed by atoms with E-state index in [1.165, 1.54) is 23.5 Å². The summed E-state index contributed by atoms with van der Waals surface area (Å²) in [5.74, 6) is -0.637. The Bertz CT molecular complexity index is 1060. The van der Waals surface area contributed by atoms with Gasteiger partial charge in [0.15, 0.2) is 0 Å². The van der Waals surface area contributed by atoms with Crippen LogP contribution in [0.3, 0.4) is 0 Å². The van der Waals surface area contributed by atoms with E-state index in [0.717, 1.165) is 0 Å². The number of rotatable bonds is 4. The van der Waals surface area contributed by atoms with Crippen LogP contribution in [0.15, 0.2) is 36.4 Å². The van der Waals surface area contributed by atoms with Gasteiger partial charge >= 0.3 is 12.1 Å². The van der Waals surface area contributed by atoms with Gasteiger partial charge in [-0.2, -0.15) is 0 Å². The Kier molecular flexibility index (Phi) is 5.44. The fourth-order valence-corrected chi connectivity index (χ4v) is 3.40. The van der Waals surface area contributed by atoms with Crippen LogP contribution in [-0.2, 0) is 4.74 Å². The zero-order valence-electron chi connectivity index (χ0n) is 15.3. The molecule has 0 atom stereocenters. The molecule has 0 aliphatic carbocycles. The van der Waals surface area contributed by atoms with Gasteiger partial charge in [-0.3, -0.25) is 5.32 Å². The number of fused-ring (bicyclic) bond motifs is 1. The molecule has 0 bridgehead atoms. The number of thiazole rings is 1. The van der Waals surface area contributed by atoms with Gasteiger partial charge in [-0.25, -0.2) is 14.6 Å². The second kappa shape index (κ2) is 7.65. The van der Waals surface area contributed by atoms with Crippen LogP contribution in [0, 0.1) is 0 Å². The van der Waals surface area contributed by atoms with Crippen LogP contribution in [0.1, 0.15) is 31.1 Å². The molecule has 1 aromatic heterocycles. The summed E-state index contributed by atoms with van der Waals surface area (Å²) in [5, 5.41) is 12.4. The minimum atomic E-state index is -1.01. The van der Waals surface area contributed by atoms with Gasteiger partial charge in [-0.15, -0.1) is 0 Å². The number of aromatic nitrogens is 1. The van der Waals surface area contributed by atoms with E-state index in [9.17, 15) is 9.59 Å². The van der Waals surface area contributed by atoms with Gasteiger partial charge in [0.1, 0.15) is 11.4 Å². The smallest absolute Gasteiger partial charge is 0.412 e. The molecule has 0 fully saturated rings. The van der Waals surface area contributed by atoms with Crippen molar-refractivity contribution < 1.29 is 24.2 Å². The average Bonchev–Trinajstić information content (AvgIpc) is 2.93. The van der Waals surface area contributed by atoms with E-state index in [0.29, 0.717) is 31.9 Å². The molecule has 3 aromatic rings. The lowest BCUT2D eigenvalue weighted by Crippen LogP contribution is -2.27. The van der Waals surface area contributed by atoms with Crippen molar-refractivity contribution in [3.8, 4) is 10.9 Å². The van der Waals surface area contributed by atoms with Crippen molar-refractivity contribution in [1.82, 2.24) is 4.98 Å². The van der Waals surface area contributed by atoms with Crippen molar-refractivity contribution in [2.45, 2.75) is 26.4 Å². The van der Waals surface area contributed by atoms with E-state index < -0.39 is 17.7 Å². The highest BCUT2D eigenvalue weighted by Crippen LogP contribution is 2.34. The summed E-state index contributed by atoms with van der Waals surface area (Å²) in [6.07, 6.45) is -0.609. The quantitative estimate of drug-likeness (QED) is 0.554. The second-order valence-corrected chi connectivity index (χ2v) is 8.30. The SMILES string of the molecule is CC(C)(C)OC(=O)Nc1cc(Cl)cc(Oc2nc3ccc(C(=O)O)cc3s2)c1. The van der Waals surface area contributed by atoms with Gasteiger partial charge < -0.3 is 14.6 Å². The third-order valence-corrected chi connectivity index (χ3v) is 4.45. The Labute approximate surface area is 169 Å². The number of nitrogens with zero attached hydrogens (tertiary/aromatic N) is 1. The number of aromatic carboxylic acids is 1. The molecular formula is C19H17ClN2O5S. The van der Waals surface area contributed by atoms with Crippen molar-refractivity contribution in [3.05, 3.63) is 47.0 Å². The van der Waals surface area contributed by atoms with Crippen molar-refractivity contribution in [2.24, 2.45) is 0 Å². The predicted octanol–water partition coefficient (Wildman–Crippen LogP) is 5.79. The molecule has 3 rings (SSSR count). The molecule has 28 heavy (non-hydrogen) atoms. The van der Waals surface area contributed by atoms with Crippen molar-refractivity contribution in [3.63, 3.8) is 0 Å². The molecule has 0 aliphatic rings. The fourth-order valence-electron chi connectivity index (χ4n) is 2.30. The summed E-state index contributed by atoms with van der Waals surface area (Å²) < 4.78 is 11.7. The molecule has 146 valence electrons. The summed E-state index contributed by atoms with van der Waals surface area (Å²) in [7, 11) is 0. The Morgan fingerprint density at radius 1 is 1.18 bits per heavy atom. The molecule has 0 aliphatic heterocycles. The highest BCUT2D eigenvalue weighted by atomic mass is 35.5. The van der Waals surface area contributed by atoms with Gasteiger partial charge in [0.05, 0.1) is 15.8 Å². The molecular weight excluding hydrogens is 404 g/mol. The first kappa shape index (κ1) is 19.9. The summed E-state index contributed by atoms with van der Waals surface area (Å²) in [6.45, 7) is 5.30. The van der Waals surface area contributed by atoms with Gasteiger partial charge in [0.25, 0.3) is 5.19 Å². The molecule has 2 aromatic carbocycles. The number of ether oxygens (including phenoxy) is 2. The van der Waals surface area contributed by atoms with Crippen molar-refractivity contribution in [2.75, 3.05) is 5.32 Å². The minimum absolute atomic E-state index is 0.175. The Hall–Kier alpha value is -2.84. The van der Waals surface area contributed by atoms with Gasteiger partial charge in [-0.05, 0) is 51.1 Å². The van der Waals surface area contributed by atoms with E-state index in [1.54, 1.807) is 45.0 Å². The number of carbonyl (C=O) groups excluding carboxylic acids is 1. The topological polar surface area (TPSA) is 97.8 Å². The van der Waals surface area contributed by atoms with Crippen LogP contribution in [0.4, 0.5) is 10.5 Å². The summed E-state index contributed by atoms with van der Waals surface area (Å²) in [4.78, 5) is 27.3. The molecule has 9 heteroatoms. The molecule has 1 heterocycles. The number of carbonyl (C=O) groups is 2. The zero-order valence-corrected chi connectivity index (χ0v) is 16.9. The maximum atomic E-state index is 11.9. The normalized spacial score (nSPS) is 11.3. The summed E-state index contributed by atoms with van der Waals surface area (Å²) in [5.41, 5.74) is 0.581. The van der Waals surface area contributed by atoms with E-state index >= 15 is 0 Å². The van der Waals surface area contributed by atoms with Crippen LogP contribution in [0.2, 0.25) is 5.02 Å². The lowest BCUT2D eigenvalue weighted by atomic mass is 10.2. The number of carboxylic acid groups (broad SMARTS) is 1. The first-order valence-corrected chi connectivity index (χ1v) is 9.41. The maximum absolute atomic E-state index is 11.9. The average molecular weight is 421 g/mol. The number of halogens is 1. The van der Waals surface area contributed by atoms with Crippen LogP contribution >= 0.6 is 22.9 Å². The van der Waals surface area contributed by atoms with Crippen molar-refractivity contribution in [1.29, 1.82) is 0 Å². The Balaban J connectivity index is 1.80. The molecule has 2 N–H and O–H groups in total. The molecule has 0 radical (unpaired) electrons. The minimum Gasteiger partial charge on any atom is -0.478 e. The summed E-state index contributed by atoms with van der Waals surface area (Å²) >= 11 is 7.32. The van der Waals surface area contributed by atoms with Crippen LogP contribution in [0.25, 0.3) is 10.2 Å².